The van der Waals surface area contributed by atoms with Gasteiger partial charge in [-0.05, 0) is 48.9 Å². The fourth-order valence-corrected chi connectivity index (χ4v) is 5.17. The normalized spacial score (nSPS) is 13.5. The summed E-state index contributed by atoms with van der Waals surface area (Å²) in [6.45, 7) is 3.60. The van der Waals surface area contributed by atoms with E-state index in [1.54, 1.807) is 28.0 Å². The lowest BCUT2D eigenvalue weighted by atomic mass is 10.1. The van der Waals surface area contributed by atoms with E-state index in [1.807, 2.05) is 72.2 Å². The monoisotopic (exact) mass is 566 g/mol. The second kappa shape index (κ2) is 11.1. The maximum atomic E-state index is 13.7. The van der Waals surface area contributed by atoms with Gasteiger partial charge in [0.15, 0.2) is 0 Å². The van der Waals surface area contributed by atoms with Crippen molar-refractivity contribution < 1.29 is 9.59 Å². The molecule has 0 unspecified atom stereocenters. The van der Waals surface area contributed by atoms with Crippen molar-refractivity contribution in [1.82, 2.24) is 14.4 Å². The molecule has 0 spiro atoms. The summed E-state index contributed by atoms with van der Waals surface area (Å²) in [6.07, 6.45) is 0. The van der Waals surface area contributed by atoms with Crippen molar-refractivity contribution in [3.05, 3.63) is 105 Å². The van der Waals surface area contributed by atoms with Crippen molar-refractivity contribution in [1.29, 1.82) is 0 Å². The van der Waals surface area contributed by atoms with Crippen LogP contribution in [0.5, 0.6) is 0 Å². The molecule has 38 heavy (non-hydrogen) atoms. The molecule has 9 heteroatoms. The first kappa shape index (κ1) is 26.2. The molecular weight excluding hydrogens is 543 g/mol. The Hall–Kier alpha value is -3.45. The number of rotatable bonds is 4. The van der Waals surface area contributed by atoms with Crippen LogP contribution in [0.3, 0.4) is 0 Å². The largest absolute Gasteiger partial charge is 0.335 e. The molecule has 1 aromatic heterocycles. The summed E-state index contributed by atoms with van der Waals surface area (Å²) < 4.78 is 2.03. The third kappa shape index (κ3) is 5.25. The predicted octanol–water partition coefficient (Wildman–Crippen LogP) is 7.40. The van der Waals surface area contributed by atoms with E-state index in [-0.39, 0.29) is 11.9 Å². The van der Waals surface area contributed by atoms with E-state index < -0.39 is 0 Å². The number of para-hydroxylation sites is 1. The third-order valence-electron chi connectivity index (χ3n) is 6.67. The summed E-state index contributed by atoms with van der Waals surface area (Å²) >= 11 is 18.6. The quantitative estimate of drug-likeness (QED) is 0.279. The fourth-order valence-electron chi connectivity index (χ4n) is 4.65. The van der Waals surface area contributed by atoms with Crippen LogP contribution in [0.4, 0.5) is 10.5 Å². The number of nitrogens with zero attached hydrogens (tertiary/aromatic N) is 3. The van der Waals surface area contributed by atoms with E-state index in [2.05, 4.69) is 5.32 Å². The first-order chi connectivity index (χ1) is 18.3. The highest BCUT2D eigenvalue weighted by Crippen LogP contribution is 2.33. The number of halogens is 3. The smallest absolute Gasteiger partial charge is 0.321 e. The Morgan fingerprint density at radius 3 is 2.08 bits per heavy atom. The molecule has 2 heterocycles. The number of carbonyl (C=O) groups excluding carboxylic acids is 2. The van der Waals surface area contributed by atoms with E-state index in [9.17, 15) is 9.59 Å². The number of hydrogen-bond donors (Lipinski definition) is 1. The van der Waals surface area contributed by atoms with Gasteiger partial charge in [-0.25, -0.2) is 4.79 Å². The van der Waals surface area contributed by atoms with Crippen LogP contribution < -0.4 is 5.32 Å². The van der Waals surface area contributed by atoms with Gasteiger partial charge in [0, 0.05) is 37.6 Å². The van der Waals surface area contributed by atoms with Crippen molar-refractivity contribution in [2.75, 3.05) is 31.5 Å². The van der Waals surface area contributed by atoms with Gasteiger partial charge in [-0.2, -0.15) is 0 Å². The van der Waals surface area contributed by atoms with Crippen LogP contribution in [0, 0.1) is 6.92 Å². The van der Waals surface area contributed by atoms with Crippen molar-refractivity contribution in [2.24, 2.45) is 0 Å². The van der Waals surface area contributed by atoms with Crippen LogP contribution in [-0.2, 0) is 0 Å². The summed E-state index contributed by atoms with van der Waals surface area (Å²) in [6, 6.07) is 24.2. The molecule has 1 N–H and O–H groups in total. The van der Waals surface area contributed by atoms with Gasteiger partial charge in [-0.3, -0.25) is 4.79 Å². The Kier molecular flexibility index (Phi) is 7.65. The molecule has 0 radical (unpaired) electrons. The van der Waals surface area contributed by atoms with Crippen molar-refractivity contribution >= 4 is 52.4 Å². The highest BCUT2D eigenvalue weighted by atomic mass is 35.5. The minimum Gasteiger partial charge on any atom is -0.335 e. The van der Waals surface area contributed by atoms with E-state index in [0.29, 0.717) is 52.5 Å². The standard InChI is InChI=1S/C29H25Cl3N4O2/c1-19-22(18-27(20-7-3-2-4-8-20)36(19)26-10-6-5-9-24(26)31)28(37)34-13-15-35(16-14-34)29(38)33-21-11-12-23(30)25(32)17-21/h2-12,17-18H,13-16H2,1H3,(H,33,38). The summed E-state index contributed by atoms with van der Waals surface area (Å²) in [5, 5.41) is 4.23. The number of urea groups is 1. The van der Waals surface area contributed by atoms with Crippen LogP contribution >= 0.6 is 34.8 Å². The second-order valence-corrected chi connectivity index (χ2v) is 10.2. The lowest BCUT2D eigenvalue weighted by molar-refractivity contribution is 0.0671. The average molecular weight is 568 g/mol. The highest BCUT2D eigenvalue weighted by Gasteiger charge is 2.28. The average Bonchev–Trinajstić information content (AvgIpc) is 3.28. The number of piperazine rings is 1. The highest BCUT2D eigenvalue weighted by molar-refractivity contribution is 6.42. The number of amides is 3. The number of benzene rings is 3. The van der Waals surface area contributed by atoms with Gasteiger partial charge in [-0.1, -0.05) is 77.3 Å². The Morgan fingerprint density at radius 1 is 0.737 bits per heavy atom. The van der Waals surface area contributed by atoms with Gasteiger partial charge < -0.3 is 19.7 Å². The fraction of sp³-hybridized carbons (Fsp3) is 0.172. The molecule has 6 nitrogen and oxygen atoms in total. The zero-order valence-electron chi connectivity index (χ0n) is 20.6. The summed E-state index contributed by atoms with van der Waals surface area (Å²) in [5.41, 5.74) is 4.66. The van der Waals surface area contributed by atoms with Gasteiger partial charge in [0.2, 0.25) is 0 Å². The molecule has 3 amide bonds. The van der Waals surface area contributed by atoms with E-state index in [0.717, 1.165) is 22.6 Å². The number of anilines is 1. The predicted molar refractivity (Wildman–Crippen MR) is 154 cm³/mol. The molecule has 1 fully saturated rings. The molecule has 1 aliphatic rings. The van der Waals surface area contributed by atoms with Gasteiger partial charge in [0.25, 0.3) is 5.91 Å². The maximum Gasteiger partial charge on any atom is 0.321 e. The van der Waals surface area contributed by atoms with Crippen LogP contribution in [0.1, 0.15) is 16.1 Å². The van der Waals surface area contributed by atoms with Crippen LogP contribution in [0.15, 0.2) is 78.9 Å². The molecule has 5 rings (SSSR count). The third-order valence-corrected chi connectivity index (χ3v) is 7.72. The first-order valence-corrected chi connectivity index (χ1v) is 13.3. The molecular formula is C29H25Cl3N4O2. The van der Waals surface area contributed by atoms with E-state index in [1.165, 1.54) is 0 Å². The Balaban J connectivity index is 1.35. The molecule has 0 aliphatic carbocycles. The zero-order valence-corrected chi connectivity index (χ0v) is 22.9. The second-order valence-electron chi connectivity index (χ2n) is 9.02. The van der Waals surface area contributed by atoms with Crippen molar-refractivity contribution in [3.8, 4) is 16.9 Å². The minimum absolute atomic E-state index is 0.0741. The van der Waals surface area contributed by atoms with Gasteiger partial charge >= 0.3 is 6.03 Å². The molecule has 0 saturated carbocycles. The number of nitrogens with one attached hydrogen (secondary N) is 1. The van der Waals surface area contributed by atoms with E-state index in [4.69, 9.17) is 34.8 Å². The zero-order chi connectivity index (χ0) is 26.8. The van der Waals surface area contributed by atoms with Gasteiger partial charge in [-0.15, -0.1) is 0 Å². The molecule has 0 atom stereocenters. The van der Waals surface area contributed by atoms with Crippen LogP contribution in [0.2, 0.25) is 15.1 Å². The Labute approximate surface area is 236 Å². The molecule has 3 aromatic carbocycles. The summed E-state index contributed by atoms with van der Waals surface area (Å²) in [4.78, 5) is 30.0. The summed E-state index contributed by atoms with van der Waals surface area (Å²) in [5.74, 6) is -0.0741. The lowest BCUT2D eigenvalue weighted by Gasteiger charge is -2.34. The van der Waals surface area contributed by atoms with Crippen molar-refractivity contribution in [3.63, 3.8) is 0 Å². The minimum atomic E-state index is -0.247. The molecule has 194 valence electrons. The molecule has 1 aliphatic heterocycles. The van der Waals surface area contributed by atoms with E-state index >= 15 is 0 Å². The molecule has 4 aromatic rings. The van der Waals surface area contributed by atoms with Crippen LogP contribution in [0.25, 0.3) is 16.9 Å². The number of aromatic nitrogens is 1. The lowest BCUT2D eigenvalue weighted by Crippen LogP contribution is -2.51. The Bertz CT molecular complexity index is 1500. The SMILES string of the molecule is Cc1c(C(=O)N2CCN(C(=O)Nc3ccc(Cl)c(Cl)c3)CC2)cc(-c2ccccc2)n1-c1ccccc1Cl. The topological polar surface area (TPSA) is 57.6 Å². The Morgan fingerprint density at radius 2 is 1.39 bits per heavy atom. The molecule has 1 saturated heterocycles. The maximum absolute atomic E-state index is 13.7. The number of hydrogen-bond acceptors (Lipinski definition) is 2. The van der Waals surface area contributed by atoms with Crippen molar-refractivity contribution in [2.45, 2.75) is 6.92 Å². The summed E-state index contributed by atoms with van der Waals surface area (Å²) in [7, 11) is 0. The first-order valence-electron chi connectivity index (χ1n) is 12.2. The molecule has 0 bridgehead atoms. The van der Waals surface area contributed by atoms with Gasteiger partial charge in [0.1, 0.15) is 0 Å². The number of carbonyl (C=O) groups is 2. The van der Waals surface area contributed by atoms with Gasteiger partial charge in [0.05, 0.1) is 32.0 Å². The van der Waals surface area contributed by atoms with Crippen LogP contribution in [-0.4, -0.2) is 52.5 Å².